The first-order chi connectivity index (χ1) is 8.69. The van der Waals surface area contributed by atoms with Crippen LogP contribution >= 0.6 is 0 Å². The van der Waals surface area contributed by atoms with Crippen molar-refractivity contribution in [3.05, 3.63) is 35.1 Å². The number of methoxy groups -OCH3 is 1. The highest BCUT2D eigenvalue weighted by molar-refractivity contribution is 5.84. The zero-order chi connectivity index (χ0) is 14.8. The predicted molar refractivity (Wildman–Crippen MR) is 63.9 cm³/mol. The summed E-state index contributed by atoms with van der Waals surface area (Å²) in [7, 11) is 2.78. The van der Waals surface area contributed by atoms with Crippen molar-refractivity contribution in [1.82, 2.24) is 4.90 Å². The molecule has 19 heavy (non-hydrogen) atoms. The molecule has 3 nitrogen and oxygen atoms in total. The Morgan fingerprint density at radius 1 is 1.32 bits per heavy atom. The van der Waals surface area contributed by atoms with Gasteiger partial charge in [-0.2, -0.15) is 0 Å². The van der Waals surface area contributed by atoms with E-state index in [1.807, 2.05) is 0 Å². The Bertz CT molecular complexity index is 489. The number of carbonyl (C=O) groups is 1. The minimum absolute atomic E-state index is 0.222. The largest absolute Gasteiger partial charge is 0.369 e. The summed E-state index contributed by atoms with van der Waals surface area (Å²) >= 11 is 0. The number of nitrogens with zero attached hydrogens (tertiary/aromatic N) is 1. The highest BCUT2D eigenvalue weighted by Crippen LogP contribution is 2.18. The molecule has 0 aliphatic heterocycles. The lowest BCUT2D eigenvalue weighted by Crippen LogP contribution is -2.44. The van der Waals surface area contributed by atoms with E-state index in [2.05, 4.69) is 0 Å². The van der Waals surface area contributed by atoms with Crippen molar-refractivity contribution in [2.75, 3.05) is 14.2 Å². The van der Waals surface area contributed by atoms with Crippen LogP contribution in [0.25, 0.3) is 0 Å². The lowest BCUT2D eigenvalue weighted by molar-refractivity contribution is -0.150. The number of likely N-dealkylation sites (N-methyl/N-ethyl adjacent to an activating group) is 1. The van der Waals surface area contributed by atoms with Gasteiger partial charge in [-0.3, -0.25) is 4.79 Å². The second kappa shape index (κ2) is 5.61. The number of ether oxygens (including phenoxy) is 1. The van der Waals surface area contributed by atoms with Crippen molar-refractivity contribution in [3.63, 3.8) is 0 Å². The molecule has 0 bridgehead atoms. The Balaban J connectivity index is 2.95. The molecule has 0 aliphatic rings. The van der Waals surface area contributed by atoms with E-state index in [1.165, 1.54) is 14.2 Å². The first kappa shape index (κ1) is 15.5. The highest BCUT2D eigenvalue weighted by Gasteiger charge is 2.30. The molecular weight excluding hydrogens is 259 g/mol. The second-order valence-electron chi connectivity index (χ2n) is 4.74. The van der Waals surface area contributed by atoms with Gasteiger partial charge >= 0.3 is 0 Å². The van der Waals surface area contributed by atoms with Gasteiger partial charge in [0, 0.05) is 32.3 Å². The molecule has 6 heteroatoms. The van der Waals surface area contributed by atoms with Crippen molar-refractivity contribution in [2.45, 2.75) is 26.0 Å². The third kappa shape index (κ3) is 3.47. The average molecular weight is 275 g/mol. The molecule has 0 atom stereocenters. The van der Waals surface area contributed by atoms with Gasteiger partial charge in [-0.1, -0.05) is 0 Å². The van der Waals surface area contributed by atoms with Crippen LogP contribution in [-0.2, 0) is 16.1 Å². The Morgan fingerprint density at radius 3 is 2.42 bits per heavy atom. The van der Waals surface area contributed by atoms with Crippen LogP contribution in [0.5, 0.6) is 0 Å². The van der Waals surface area contributed by atoms with Gasteiger partial charge in [0.2, 0.25) is 0 Å². The Hall–Kier alpha value is -1.56. The third-order valence-electron chi connectivity index (χ3n) is 2.85. The topological polar surface area (TPSA) is 29.5 Å². The van der Waals surface area contributed by atoms with Crippen LogP contribution in [-0.4, -0.2) is 30.6 Å². The number of hydrogen-bond donors (Lipinski definition) is 0. The van der Waals surface area contributed by atoms with Crippen molar-refractivity contribution in [3.8, 4) is 0 Å². The fourth-order valence-electron chi connectivity index (χ4n) is 1.60. The van der Waals surface area contributed by atoms with Gasteiger partial charge in [-0.05, 0) is 19.9 Å². The maximum Gasteiger partial charge on any atom is 0.254 e. The average Bonchev–Trinajstić information content (AvgIpc) is 2.34. The molecule has 1 amide bonds. The van der Waals surface area contributed by atoms with Crippen LogP contribution in [0.15, 0.2) is 12.1 Å². The van der Waals surface area contributed by atoms with E-state index in [1.54, 1.807) is 13.8 Å². The van der Waals surface area contributed by atoms with E-state index in [0.717, 1.165) is 11.0 Å². The van der Waals surface area contributed by atoms with Crippen molar-refractivity contribution in [2.24, 2.45) is 0 Å². The summed E-state index contributed by atoms with van der Waals surface area (Å²) in [5, 5.41) is 0. The van der Waals surface area contributed by atoms with Gasteiger partial charge in [-0.25, -0.2) is 13.2 Å². The number of benzene rings is 1. The van der Waals surface area contributed by atoms with Crippen LogP contribution in [0.2, 0.25) is 0 Å². The van der Waals surface area contributed by atoms with E-state index in [-0.39, 0.29) is 12.1 Å². The van der Waals surface area contributed by atoms with E-state index in [4.69, 9.17) is 4.74 Å². The molecule has 0 aromatic heterocycles. The monoisotopic (exact) mass is 275 g/mol. The van der Waals surface area contributed by atoms with Gasteiger partial charge in [0.1, 0.15) is 11.4 Å². The first-order valence-corrected chi connectivity index (χ1v) is 5.63. The predicted octanol–water partition coefficient (Wildman–Crippen LogP) is 2.49. The summed E-state index contributed by atoms with van der Waals surface area (Å²) < 4.78 is 44.5. The lowest BCUT2D eigenvalue weighted by Gasteiger charge is -2.28. The van der Waals surface area contributed by atoms with Crippen LogP contribution in [0, 0.1) is 17.5 Å². The zero-order valence-electron chi connectivity index (χ0n) is 11.3. The molecule has 1 aromatic carbocycles. The molecular formula is C13H16F3NO2. The molecule has 1 rings (SSSR count). The smallest absolute Gasteiger partial charge is 0.254 e. The molecule has 0 N–H and O–H groups in total. The Kier molecular flexibility index (Phi) is 4.57. The number of carbonyl (C=O) groups excluding carboxylic acids is 1. The minimum Gasteiger partial charge on any atom is -0.369 e. The van der Waals surface area contributed by atoms with Gasteiger partial charge in [0.15, 0.2) is 11.6 Å². The number of rotatable bonds is 4. The number of halogens is 3. The van der Waals surface area contributed by atoms with Crippen LogP contribution in [0.1, 0.15) is 19.4 Å². The highest BCUT2D eigenvalue weighted by atomic mass is 19.2. The van der Waals surface area contributed by atoms with E-state index in [9.17, 15) is 18.0 Å². The summed E-state index contributed by atoms with van der Waals surface area (Å²) in [6, 6.07) is 1.32. The molecule has 0 saturated carbocycles. The van der Waals surface area contributed by atoms with Crippen LogP contribution < -0.4 is 0 Å². The molecule has 1 aromatic rings. The normalized spacial score (nSPS) is 11.5. The summed E-state index contributed by atoms with van der Waals surface area (Å²) in [4.78, 5) is 13.1. The van der Waals surface area contributed by atoms with Crippen molar-refractivity contribution >= 4 is 5.91 Å². The van der Waals surface area contributed by atoms with Crippen molar-refractivity contribution in [1.29, 1.82) is 0 Å². The molecule has 0 aliphatic carbocycles. The Labute approximate surface area is 110 Å². The molecule has 0 unspecified atom stereocenters. The fraction of sp³-hybridized carbons (Fsp3) is 0.462. The summed E-state index contributed by atoms with van der Waals surface area (Å²) in [6.07, 6.45) is 0. The van der Waals surface area contributed by atoms with Gasteiger partial charge in [0.25, 0.3) is 5.91 Å². The van der Waals surface area contributed by atoms with Gasteiger partial charge < -0.3 is 9.64 Å². The molecule has 0 saturated heterocycles. The van der Waals surface area contributed by atoms with Gasteiger partial charge in [0.05, 0.1) is 0 Å². The molecule has 106 valence electrons. The van der Waals surface area contributed by atoms with E-state index >= 15 is 0 Å². The van der Waals surface area contributed by atoms with Gasteiger partial charge in [-0.15, -0.1) is 0 Å². The van der Waals surface area contributed by atoms with Crippen LogP contribution in [0.3, 0.4) is 0 Å². The van der Waals surface area contributed by atoms with E-state index < -0.39 is 29.0 Å². The fourth-order valence-corrected chi connectivity index (χ4v) is 1.60. The summed E-state index contributed by atoms with van der Waals surface area (Å²) in [5.74, 6) is -3.74. The molecule has 0 heterocycles. The summed E-state index contributed by atoms with van der Waals surface area (Å²) in [6.45, 7) is 2.86. The standard InChI is InChI=1S/C13H16F3NO2/c1-13(2,19-4)12(18)17(3)7-8-5-9(14)6-10(15)11(8)16/h5-6H,7H2,1-4H3. The molecule has 0 fully saturated rings. The van der Waals surface area contributed by atoms with Crippen LogP contribution in [0.4, 0.5) is 13.2 Å². The van der Waals surface area contributed by atoms with Crippen molar-refractivity contribution < 1.29 is 22.7 Å². The second-order valence-corrected chi connectivity index (χ2v) is 4.74. The maximum absolute atomic E-state index is 13.5. The zero-order valence-corrected chi connectivity index (χ0v) is 11.3. The molecule has 0 spiro atoms. The first-order valence-electron chi connectivity index (χ1n) is 5.63. The SMILES string of the molecule is COC(C)(C)C(=O)N(C)Cc1cc(F)cc(F)c1F. The minimum atomic E-state index is -1.28. The Morgan fingerprint density at radius 2 is 1.89 bits per heavy atom. The number of amides is 1. The number of hydrogen-bond acceptors (Lipinski definition) is 2. The molecule has 0 radical (unpaired) electrons. The van der Waals surface area contributed by atoms with E-state index in [0.29, 0.717) is 6.07 Å². The quantitative estimate of drug-likeness (QED) is 0.790. The third-order valence-corrected chi connectivity index (χ3v) is 2.85. The lowest BCUT2D eigenvalue weighted by atomic mass is 10.1. The summed E-state index contributed by atoms with van der Waals surface area (Å²) in [5.41, 5.74) is -1.31. The maximum atomic E-state index is 13.5.